The van der Waals surface area contributed by atoms with Crippen molar-refractivity contribution >= 4 is 11.3 Å². The number of benzene rings is 1. The van der Waals surface area contributed by atoms with Gasteiger partial charge in [0.2, 0.25) is 5.89 Å². The minimum absolute atomic E-state index is 0.00397. The van der Waals surface area contributed by atoms with E-state index >= 15 is 0 Å². The largest absolute Gasteiger partial charge is 0.444 e. The molecule has 4 rings (SSSR count). The Hall–Kier alpha value is -2.76. The molecule has 3 aromatic heterocycles. The van der Waals surface area contributed by atoms with Crippen LogP contribution in [0.1, 0.15) is 23.0 Å². The maximum Gasteiger partial charge on any atom is 0.236 e. The van der Waals surface area contributed by atoms with Crippen molar-refractivity contribution in [2.75, 3.05) is 0 Å². The first kappa shape index (κ1) is 15.7. The second kappa shape index (κ2) is 7.42. The van der Waals surface area contributed by atoms with Crippen LogP contribution in [0.5, 0.6) is 0 Å². The van der Waals surface area contributed by atoms with Gasteiger partial charge in [-0.2, -0.15) is 0 Å². The van der Waals surface area contributed by atoms with E-state index in [1.54, 1.807) is 17.6 Å². The van der Waals surface area contributed by atoms with E-state index in [0.717, 1.165) is 16.3 Å². The summed E-state index contributed by atoms with van der Waals surface area (Å²) in [7, 11) is 0. The number of hydrogen-bond donors (Lipinski definition) is 1. The molecule has 0 aliphatic carbocycles. The normalized spacial score (nSPS) is 12.2. The van der Waals surface area contributed by atoms with Crippen LogP contribution in [0.2, 0.25) is 0 Å². The number of aromatic nitrogens is 2. The fourth-order valence-electron chi connectivity index (χ4n) is 2.69. The number of oxazole rings is 1. The minimum atomic E-state index is 0.00397. The van der Waals surface area contributed by atoms with Crippen LogP contribution in [0.3, 0.4) is 0 Å². The van der Waals surface area contributed by atoms with Crippen molar-refractivity contribution in [2.24, 2.45) is 0 Å². The molecule has 124 valence electrons. The summed E-state index contributed by atoms with van der Waals surface area (Å²) in [5.74, 6) is 0.667. The van der Waals surface area contributed by atoms with Gasteiger partial charge in [0.1, 0.15) is 6.26 Å². The zero-order chi connectivity index (χ0) is 16.9. The van der Waals surface area contributed by atoms with E-state index in [1.165, 1.54) is 5.56 Å². The topological polar surface area (TPSA) is 51.0 Å². The Morgan fingerprint density at radius 3 is 2.64 bits per heavy atom. The highest BCUT2D eigenvalue weighted by molar-refractivity contribution is 7.13. The molecule has 0 radical (unpaired) electrons. The van der Waals surface area contributed by atoms with Gasteiger partial charge in [0.05, 0.1) is 22.3 Å². The minimum Gasteiger partial charge on any atom is -0.444 e. The number of nitrogens with zero attached hydrogens (tertiary/aromatic N) is 2. The van der Waals surface area contributed by atoms with E-state index in [0.29, 0.717) is 12.4 Å². The molecule has 0 aliphatic heterocycles. The van der Waals surface area contributed by atoms with Crippen LogP contribution in [-0.4, -0.2) is 9.97 Å². The summed E-state index contributed by atoms with van der Waals surface area (Å²) in [4.78, 5) is 10.1. The second-order valence-electron chi connectivity index (χ2n) is 5.60. The molecule has 0 saturated heterocycles. The molecule has 3 heterocycles. The van der Waals surface area contributed by atoms with Crippen molar-refractivity contribution in [1.29, 1.82) is 0 Å². The maximum atomic E-state index is 5.60. The predicted octanol–water partition coefficient (Wildman–Crippen LogP) is 4.68. The van der Waals surface area contributed by atoms with Gasteiger partial charge in [-0.3, -0.25) is 10.3 Å². The second-order valence-corrected chi connectivity index (χ2v) is 6.55. The summed E-state index contributed by atoms with van der Waals surface area (Å²) in [6.45, 7) is 0.602. The summed E-state index contributed by atoms with van der Waals surface area (Å²) in [5.41, 5.74) is 3.03. The van der Waals surface area contributed by atoms with Gasteiger partial charge in [0.15, 0.2) is 0 Å². The summed E-state index contributed by atoms with van der Waals surface area (Å²) in [6, 6.07) is 20.3. The van der Waals surface area contributed by atoms with Gasteiger partial charge in [-0.05, 0) is 29.1 Å². The zero-order valence-corrected chi connectivity index (χ0v) is 14.3. The van der Waals surface area contributed by atoms with Gasteiger partial charge in [0.25, 0.3) is 0 Å². The van der Waals surface area contributed by atoms with Crippen LogP contribution in [0.4, 0.5) is 0 Å². The van der Waals surface area contributed by atoms with Crippen molar-refractivity contribution in [3.05, 3.63) is 95.5 Å². The molecular formula is C20H17N3OS. The summed E-state index contributed by atoms with van der Waals surface area (Å²) >= 11 is 1.62. The van der Waals surface area contributed by atoms with E-state index in [-0.39, 0.29) is 6.04 Å². The van der Waals surface area contributed by atoms with E-state index in [1.807, 2.05) is 60.1 Å². The molecule has 1 N–H and O–H groups in total. The third-order valence-corrected chi connectivity index (χ3v) is 4.75. The Morgan fingerprint density at radius 1 is 1.00 bits per heavy atom. The quantitative estimate of drug-likeness (QED) is 0.550. The molecule has 1 atom stereocenters. The standard InChI is InChI=1S/C20H17N3OS/c1-2-7-15(8-3-1)19(17-9-4-5-11-21-17)22-13-16-14-24-20(23-16)18-10-6-12-25-18/h1-12,14,19,22H,13H2. The van der Waals surface area contributed by atoms with E-state index in [4.69, 9.17) is 4.42 Å². The van der Waals surface area contributed by atoms with Crippen molar-refractivity contribution in [3.8, 4) is 10.8 Å². The fourth-order valence-corrected chi connectivity index (χ4v) is 3.35. The molecule has 4 aromatic rings. The number of thiophene rings is 1. The van der Waals surface area contributed by atoms with Gasteiger partial charge in [-0.25, -0.2) is 4.98 Å². The lowest BCUT2D eigenvalue weighted by atomic mass is 10.0. The number of pyridine rings is 1. The Morgan fingerprint density at radius 2 is 1.88 bits per heavy atom. The highest BCUT2D eigenvalue weighted by Crippen LogP contribution is 2.24. The number of nitrogens with one attached hydrogen (secondary N) is 1. The predicted molar refractivity (Wildman–Crippen MR) is 99.2 cm³/mol. The summed E-state index contributed by atoms with van der Waals surface area (Å²) in [6.07, 6.45) is 3.53. The van der Waals surface area contributed by atoms with Gasteiger partial charge in [-0.15, -0.1) is 11.3 Å². The lowest BCUT2D eigenvalue weighted by molar-refractivity contribution is 0.561. The van der Waals surface area contributed by atoms with Crippen molar-refractivity contribution < 1.29 is 4.42 Å². The fraction of sp³-hybridized carbons (Fsp3) is 0.100. The SMILES string of the molecule is c1ccc(C(NCc2coc(-c3cccs3)n2)c2ccccn2)cc1. The van der Waals surface area contributed by atoms with Gasteiger partial charge in [-0.1, -0.05) is 42.5 Å². The number of hydrogen-bond acceptors (Lipinski definition) is 5. The molecule has 0 spiro atoms. The van der Waals surface area contributed by atoms with Crippen LogP contribution in [0, 0.1) is 0 Å². The zero-order valence-electron chi connectivity index (χ0n) is 13.5. The highest BCUT2D eigenvalue weighted by Gasteiger charge is 2.16. The third kappa shape index (κ3) is 3.68. The van der Waals surface area contributed by atoms with Crippen LogP contribution >= 0.6 is 11.3 Å². The average molecular weight is 347 g/mol. The molecule has 25 heavy (non-hydrogen) atoms. The Kier molecular flexibility index (Phi) is 4.68. The molecule has 1 aromatic carbocycles. The van der Waals surface area contributed by atoms with Crippen LogP contribution in [0.25, 0.3) is 10.8 Å². The first-order chi connectivity index (χ1) is 12.4. The van der Waals surface area contributed by atoms with Gasteiger partial charge < -0.3 is 4.42 Å². The first-order valence-corrected chi connectivity index (χ1v) is 8.95. The van der Waals surface area contributed by atoms with Crippen molar-refractivity contribution in [2.45, 2.75) is 12.6 Å². The van der Waals surface area contributed by atoms with E-state index in [9.17, 15) is 0 Å². The lowest BCUT2D eigenvalue weighted by Gasteiger charge is -2.18. The smallest absolute Gasteiger partial charge is 0.236 e. The van der Waals surface area contributed by atoms with Crippen molar-refractivity contribution in [3.63, 3.8) is 0 Å². The molecule has 5 heteroatoms. The van der Waals surface area contributed by atoms with Crippen LogP contribution in [-0.2, 0) is 6.54 Å². The molecule has 0 bridgehead atoms. The molecule has 4 nitrogen and oxygen atoms in total. The summed E-state index contributed by atoms with van der Waals surface area (Å²) < 4.78 is 5.60. The lowest BCUT2D eigenvalue weighted by Crippen LogP contribution is -2.23. The summed E-state index contributed by atoms with van der Waals surface area (Å²) in [5, 5.41) is 5.56. The molecule has 0 amide bonds. The third-order valence-electron chi connectivity index (χ3n) is 3.89. The highest BCUT2D eigenvalue weighted by atomic mass is 32.1. The van der Waals surface area contributed by atoms with E-state index in [2.05, 4.69) is 27.4 Å². The molecule has 0 saturated carbocycles. The van der Waals surface area contributed by atoms with Crippen LogP contribution < -0.4 is 5.32 Å². The Balaban J connectivity index is 1.54. The maximum absolute atomic E-state index is 5.60. The first-order valence-electron chi connectivity index (χ1n) is 8.08. The van der Waals surface area contributed by atoms with Gasteiger partial charge in [0, 0.05) is 12.7 Å². The molecular weight excluding hydrogens is 330 g/mol. The van der Waals surface area contributed by atoms with E-state index < -0.39 is 0 Å². The van der Waals surface area contributed by atoms with Gasteiger partial charge >= 0.3 is 0 Å². The molecule has 0 fully saturated rings. The Labute approximate surface area is 150 Å². The van der Waals surface area contributed by atoms with Crippen LogP contribution in [0.15, 0.2) is 82.9 Å². The molecule has 0 aliphatic rings. The van der Waals surface area contributed by atoms with Crippen molar-refractivity contribution in [1.82, 2.24) is 15.3 Å². The molecule has 1 unspecified atom stereocenters. The Bertz CT molecular complexity index is 865. The monoisotopic (exact) mass is 347 g/mol. The number of rotatable bonds is 6. The average Bonchev–Trinajstić information content (AvgIpc) is 3.35.